The number of hydrogen-bond donors (Lipinski definition) is 0. The van der Waals surface area contributed by atoms with Crippen molar-refractivity contribution in [2.24, 2.45) is 0 Å². The minimum atomic E-state index is -5.42. The molecule has 0 aliphatic carbocycles. The molecule has 0 spiro atoms. The van der Waals surface area contributed by atoms with E-state index in [-0.39, 0.29) is 0 Å². The zero-order valence-electron chi connectivity index (χ0n) is 9.72. The summed E-state index contributed by atoms with van der Waals surface area (Å²) in [5.74, 6) is 0. The van der Waals surface area contributed by atoms with Gasteiger partial charge in [0.25, 0.3) is 0 Å². The first-order chi connectivity index (χ1) is 7.24. The summed E-state index contributed by atoms with van der Waals surface area (Å²) in [6, 6.07) is 0. The average Bonchev–Trinajstić information content (AvgIpc) is 1.98. The second-order valence-corrected chi connectivity index (χ2v) is 61.0. The Hall–Kier alpha value is 2.03. The average molecular weight is 476 g/mol. The van der Waals surface area contributed by atoms with Crippen LogP contribution in [0.2, 0.25) is 0 Å². The van der Waals surface area contributed by atoms with E-state index < -0.39 is 9.14 Å². The first kappa shape index (κ1) is 19.0. The molecule has 0 atom stereocenters. The Morgan fingerprint density at radius 3 is 1.53 bits per heavy atom. The summed E-state index contributed by atoms with van der Waals surface area (Å²) in [7, 11) is 29.1. The Kier molecular flexibility index (Phi) is 6.94. The van der Waals surface area contributed by atoms with Gasteiger partial charge in [-0.1, -0.05) is 0 Å². The molecule has 0 unspecified atom stereocenters. The Bertz CT molecular complexity index is 261. The molecule has 1 heterocycles. The monoisotopic (exact) mass is 472 g/mol. The Morgan fingerprint density at radius 1 is 0.882 bits per heavy atom. The van der Waals surface area contributed by atoms with Crippen LogP contribution in [0, 0.1) is 0 Å². The number of halogens is 6. The van der Waals surface area contributed by atoms with Crippen molar-refractivity contribution in [3.8, 4) is 0 Å². The van der Waals surface area contributed by atoms with Crippen molar-refractivity contribution in [3.05, 3.63) is 0 Å². The van der Waals surface area contributed by atoms with E-state index >= 15 is 0 Å². The summed E-state index contributed by atoms with van der Waals surface area (Å²) in [5.41, 5.74) is 0. The molecule has 106 valence electrons. The van der Waals surface area contributed by atoms with Crippen molar-refractivity contribution < 1.29 is 4.58 Å². The number of hydrogen-bond acceptors (Lipinski definition) is 0. The fourth-order valence-corrected chi connectivity index (χ4v) is 1.36. The molecule has 1 aliphatic heterocycles. The maximum atomic E-state index is 5.06. The van der Waals surface area contributed by atoms with E-state index in [1.54, 1.807) is 0 Å². The Morgan fingerprint density at radius 2 is 1.24 bits per heavy atom. The molecule has 9 heteroatoms. The van der Waals surface area contributed by atoms with E-state index in [4.69, 9.17) is 53.0 Å². The van der Waals surface area contributed by atoms with Crippen molar-refractivity contribution >= 4 is 68.5 Å². The van der Waals surface area contributed by atoms with Gasteiger partial charge in [0, 0.05) is 0 Å². The van der Waals surface area contributed by atoms with Gasteiger partial charge in [0.05, 0.1) is 27.2 Å². The molecular formula is C8H17Cl6N2Sb. The SMILES string of the molecule is C[N+](C)=CN1CCCCC1.[Cl][Sb-]([Cl])([Cl])([Cl])([Cl])[Cl]. The Balaban J connectivity index is 0.000000325. The summed E-state index contributed by atoms with van der Waals surface area (Å²) in [4.78, 5) is 2.39. The molecule has 2 nitrogen and oxygen atoms in total. The van der Waals surface area contributed by atoms with Crippen LogP contribution in [0.4, 0.5) is 0 Å². The van der Waals surface area contributed by atoms with E-state index in [1.807, 2.05) is 0 Å². The molecular weight excluding hydrogens is 459 g/mol. The zero-order valence-corrected chi connectivity index (χ0v) is 16.8. The summed E-state index contributed by atoms with van der Waals surface area (Å²) >= 11 is 0. The van der Waals surface area contributed by atoms with Gasteiger partial charge in [0.1, 0.15) is 0 Å². The molecule has 0 aromatic rings. The molecule has 0 N–H and O–H groups in total. The molecule has 17 heavy (non-hydrogen) atoms. The Labute approximate surface area is 123 Å². The first-order valence-electron chi connectivity index (χ1n) is 5.06. The molecule has 0 aromatic carbocycles. The van der Waals surface area contributed by atoms with Gasteiger partial charge in [0.2, 0.25) is 6.34 Å². The summed E-state index contributed by atoms with van der Waals surface area (Å²) in [5, 5.41) is 0. The summed E-state index contributed by atoms with van der Waals surface area (Å²) in [6.45, 7) is 2.50. The molecule has 1 fully saturated rings. The number of piperidine rings is 1. The predicted molar refractivity (Wildman–Crippen MR) is 84.5 cm³/mol. The van der Waals surface area contributed by atoms with Crippen molar-refractivity contribution in [2.75, 3.05) is 27.2 Å². The van der Waals surface area contributed by atoms with Gasteiger partial charge in [-0.3, -0.25) is 9.48 Å². The molecule has 0 saturated carbocycles. The third-order valence-electron chi connectivity index (χ3n) is 1.78. The van der Waals surface area contributed by atoms with Crippen LogP contribution >= 0.6 is 53.0 Å². The second kappa shape index (κ2) is 6.20. The van der Waals surface area contributed by atoms with E-state index in [2.05, 4.69) is 29.9 Å². The molecule has 0 amide bonds. The molecule has 0 bridgehead atoms. The van der Waals surface area contributed by atoms with Crippen LogP contribution in [-0.4, -0.2) is 52.1 Å². The number of rotatable bonds is 1. The maximum absolute atomic E-state index is 5.42. The van der Waals surface area contributed by atoms with E-state index in [9.17, 15) is 0 Å². The summed E-state index contributed by atoms with van der Waals surface area (Å²) < 4.78 is 2.12. The van der Waals surface area contributed by atoms with E-state index in [1.165, 1.54) is 32.4 Å². The normalized spacial score (nSPS) is 20.6. The van der Waals surface area contributed by atoms with Crippen molar-refractivity contribution in [1.29, 1.82) is 0 Å². The first-order valence-corrected chi connectivity index (χ1v) is 24.5. The number of nitrogens with zero attached hydrogens (tertiary/aromatic N) is 2. The third kappa shape index (κ3) is 23.5. The molecule has 0 aromatic heterocycles. The van der Waals surface area contributed by atoms with Crippen LogP contribution in [-0.2, 0) is 0 Å². The second-order valence-electron chi connectivity index (χ2n) is 4.13. The molecule has 0 radical (unpaired) electrons. The van der Waals surface area contributed by atoms with Gasteiger partial charge in [-0.15, -0.1) is 0 Å². The van der Waals surface area contributed by atoms with Gasteiger partial charge >= 0.3 is 62.1 Å². The van der Waals surface area contributed by atoms with Gasteiger partial charge in [-0.25, -0.2) is 0 Å². The number of likely N-dealkylation sites (tertiary alicyclic amines) is 1. The van der Waals surface area contributed by atoms with Crippen LogP contribution in [0.3, 0.4) is 0 Å². The van der Waals surface area contributed by atoms with Crippen LogP contribution in [0.1, 0.15) is 19.3 Å². The van der Waals surface area contributed by atoms with Crippen LogP contribution in [0.5, 0.6) is 0 Å². The zero-order chi connectivity index (χ0) is 13.8. The molecule has 1 aliphatic rings. The van der Waals surface area contributed by atoms with Crippen molar-refractivity contribution in [3.63, 3.8) is 0 Å². The van der Waals surface area contributed by atoms with Crippen molar-refractivity contribution in [1.82, 2.24) is 4.90 Å². The predicted octanol–water partition coefficient (Wildman–Crippen LogP) is 4.53. The van der Waals surface area contributed by atoms with E-state index in [0.717, 1.165) is 0 Å². The molecule has 1 saturated heterocycles. The summed E-state index contributed by atoms with van der Waals surface area (Å²) in [6.07, 6.45) is 6.34. The van der Waals surface area contributed by atoms with Crippen LogP contribution < -0.4 is 0 Å². The minimum absolute atomic E-state index is 1.25. The van der Waals surface area contributed by atoms with Crippen LogP contribution in [0.25, 0.3) is 0 Å². The van der Waals surface area contributed by atoms with Gasteiger partial charge in [-0.2, -0.15) is 0 Å². The van der Waals surface area contributed by atoms with Gasteiger partial charge in [0.15, 0.2) is 0 Å². The third-order valence-corrected chi connectivity index (χ3v) is 1.78. The van der Waals surface area contributed by atoms with Crippen LogP contribution in [0.15, 0.2) is 0 Å². The fraction of sp³-hybridized carbons (Fsp3) is 0.875. The quantitative estimate of drug-likeness (QED) is 0.234. The van der Waals surface area contributed by atoms with Crippen molar-refractivity contribution in [2.45, 2.75) is 19.3 Å². The topological polar surface area (TPSA) is 6.25 Å². The van der Waals surface area contributed by atoms with Gasteiger partial charge < -0.3 is 0 Å². The van der Waals surface area contributed by atoms with E-state index in [0.29, 0.717) is 0 Å². The standard InChI is InChI=1S/C8H17N2.6ClH.Sb/c1-9(2)8-10-6-4-3-5-7-10;;;;;;;/h8H,3-7H2,1-2H3;6*1H;/q+1;;;;;;;+5/p-6. The van der Waals surface area contributed by atoms with Gasteiger partial charge in [-0.05, 0) is 19.3 Å². The fourth-order valence-electron chi connectivity index (χ4n) is 1.36. The molecule has 1 rings (SSSR count).